The second kappa shape index (κ2) is 6.21. The van der Waals surface area contributed by atoms with Gasteiger partial charge in [0.15, 0.2) is 0 Å². The molecule has 1 fully saturated rings. The highest BCUT2D eigenvalue weighted by atomic mass is 16.5. The Bertz CT molecular complexity index is 842. The average Bonchev–Trinajstić information content (AvgIpc) is 3.23. The Morgan fingerprint density at radius 1 is 1.29 bits per heavy atom. The van der Waals surface area contributed by atoms with E-state index in [-0.39, 0.29) is 6.10 Å². The van der Waals surface area contributed by atoms with Crippen LogP contribution in [0.2, 0.25) is 0 Å². The van der Waals surface area contributed by atoms with Crippen LogP contribution in [-0.4, -0.2) is 56.8 Å². The van der Waals surface area contributed by atoms with E-state index in [1.54, 1.807) is 21.6 Å². The molecule has 1 saturated heterocycles. The minimum Gasteiger partial charge on any atom is -0.470 e. The molecule has 1 aliphatic rings. The van der Waals surface area contributed by atoms with Gasteiger partial charge in [0.1, 0.15) is 11.6 Å². The molecule has 0 spiro atoms. The molecule has 3 aromatic heterocycles. The largest absolute Gasteiger partial charge is 0.470 e. The van der Waals surface area contributed by atoms with Gasteiger partial charge in [0.05, 0.1) is 37.5 Å². The number of aromatic nitrogens is 5. The number of hydrogen-bond donors (Lipinski definition) is 1. The summed E-state index contributed by atoms with van der Waals surface area (Å²) >= 11 is 0. The Balaban J connectivity index is 1.67. The minimum absolute atomic E-state index is 0.0356. The minimum atomic E-state index is -0.0356. The zero-order valence-corrected chi connectivity index (χ0v) is 13.7. The van der Waals surface area contributed by atoms with E-state index >= 15 is 0 Å². The Kier molecular flexibility index (Phi) is 3.91. The fraction of sp³-hybridized carbons (Fsp3) is 0.438. The molecule has 0 bridgehead atoms. The van der Waals surface area contributed by atoms with Gasteiger partial charge in [-0.05, 0) is 13.1 Å². The van der Waals surface area contributed by atoms with Crippen LogP contribution in [0.1, 0.15) is 6.42 Å². The van der Waals surface area contributed by atoms with Crippen LogP contribution in [0.15, 0.2) is 30.9 Å². The molecule has 3 aromatic rings. The quantitative estimate of drug-likeness (QED) is 0.766. The Hall–Kier alpha value is -2.45. The number of ether oxygens (including phenoxy) is 2. The summed E-state index contributed by atoms with van der Waals surface area (Å²) in [5.41, 5.74) is 2.54. The number of nitrogens with zero attached hydrogens (tertiary/aromatic N) is 5. The Morgan fingerprint density at radius 3 is 3.00 bits per heavy atom. The summed E-state index contributed by atoms with van der Waals surface area (Å²) in [6.07, 6.45) is 8.17. The van der Waals surface area contributed by atoms with E-state index in [9.17, 15) is 0 Å². The number of fused-ring (bicyclic) bond motifs is 1. The normalized spacial score (nSPS) is 21.2. The van der Waals surface area contributed by atoms with Gasteiger partial charge in [-0.1, -0.05) is 0 Å². The van der Waals surface area contributed by atoms with Crippen LogP contribution in [-0.2, 0) is 11.8 Å². The highest BCUT2D eigenvalue weighted by molar-refractivity contribution is 5.63. The van der Waals surface area contributed by atoms with Crippen LogP contribution in [0.4, 0.5) is 0 Å². The van der Waals surface area contributed by atoms with Gasteiger partial charge in [-0.3, -0.25) is 4.68 Å². The van der Waals surface area contributed by atoms with Crippen molar-refractivity contribution in [3.63, 3.8) is 0 Å². The van der Waals surface area contributed by atoms with Crippen molar-refractivity contribution in [3.8, 4) is 17.1 Å². The van der Waals surface area contributed by atoms with Gasteiger partial charge in [-0.25, -0.2) is 9.50 Å². The fourth-order valence-corrected chi connectivity index (χ4v) is 2.91. The summed E-state index contributed by atoms with van der Waals surface area (Å²) in [4.78, 5) is 4.69. The molecule has 8 heteroatoms. The van der Waals surface area contributed by atoms with Crippen molar-refractivity contribution in [1.29, 1.82) is 0 Å². The topological polar surface area (TPSA) is 78.5 Å². The van der Waals surface area contributed by atoms with Gasteiger partial charge in [0.25, 0.3) is 0 Å². The molecule has 0 aliphatic carbocycles. The lowest BCUT2D eigenvalue weighted by atomic mass is 10.1. The molecule has 24 heavy (non-hydrogen) atoms. The summed E-state index contributed by atoms with van der Waals surface area (Å²) in [5.74, 6) is 0.569. The maximum atomic E-state index is 6.16. The summed E-state index contributed by atoms with van der Waals surface area (Å²) < 4.78 is 15.3. The number of likely N-dealkylation sites (N-methyl/N-ethyl adjacent to an activating group) is 1. The average molecular weight is 328 g/mol. The van der Waals surface area contributed by atoms with Crippen LogP contribution in [0.25, 0.3) is 16.8 Å². The van der Waals surface area contributed by atoms with Crippen molar-refractivity contribution in [2.24, 2.45) is 7.05 Å². The van der Waals surface area contributed by atoms with Crippen LogP contribution in [0.3, 0.4) is 0 Å². The number of rotatable bonds is 4. The lowest BCUT2D eigenvalue weighted by Crippen LogP contribution is -2.43. The third-order valence-corrected chi connectivity index (χ3v) is 4.21. The van der Waals surface area contributed by atoms with Crippen LogP contribution in [0, 0.1) is 0 Å². The van der Waals surface area contributed by atoms with Crippen LogP contribution in [0.5, 0.6) is 5.88 Å². The maximum absolute atomic E-state index is 6.16. The molecule has 2 atom stereocenters. The monoisotopic (exact) mass is 328 g/mol. The van der Waals surface area contributed by atoms with Gasteiger partial charge in [0.2, 0.25) is 5.88 Å². The van der Waals surface area contributed by atoms with Crippen molar-refractivity contribution in [2.75, 3.05) is 20.3 Å². The van der Waals surface area contributed by atoms with E-state index in [4.69, 9.17) is 9.47 Å². The van der Waals surface area contributed by atoms with E-state index in [2.05, 4.69) is 20.5 Å². The summed E-state index contributed by atoms with van der Waals surface area (Å²) in [6.45, 7) is 1.28. The summed E-state index contributed by atoms with van der Waals surface area (Å²) in [7, 11) is 3.82. The van der Waals surface area contributed by atoms with Crippen molar-refractivity contribution in [2.45, 2.75) is 18.6 Å². The predicted octanol–water partition coefficient (Wildman–Crippen LogP) is 0.885. The van der Waals surface area contributed by atoms with Gasteiger partial charge in [0, 0.05) is 31.3 Å². The van der Waals surface area contributed by atoms with E-state index in [1.165, 1.54) is 0 Å². The van der Waals surface area contributed by atoms with Gasteiger partial charge in [-0.2, -0.15) is 10.2 Å². The molecule has 0 radical (unpaired) electrons. The number of hydrogen-bond acceptors (Lipinski definition) is 6. The summed E-state index contributed by atoms with van der Waals surface area (Å²) in [5, 5.41) is 11.8. The SMILES string of the molecule is CN[C@H]1COC[C@@H](Oc2nc(-c3cnn(C)c3)cn3nccc23)C1. The molecule has 0 unspecified atom stereocenters. The van der Waals surface area contributed by atoms with Crippen molar-refractivity contribution >= 4 is 5.52 Å². The third kappa shape index (κ3) is 2.85. The lowest BCUT2D eigenvalue weighted by Gasteiger charge is -2.29. The number of aryl methyl sites for hydroxylation is 1. The highest BCUT2D eigenvalue weighted by Gasteiger charge is 2.24. The zero-order chi connectivity index (χ0) is 16.5. The van der Waals surface area contributed by atoms with E-state index in [1.807, 2.05) is 32.6 Å². The molecular formula is C16H20N6O2. The molecular weight excluding hydrogens is 308 g/mol. The molecule has 0 saturated carbocycles. The molecule has 4 heterocycles. The molecule has 0 aromatic carbocycles. The van der Waals surface area contributed by atoms with E-state index in [0.717, 1.165) is 23.2 Å². The molecule has 8 nitrogen and oxygen atoms in total. The molecule has 1 N–H and O–H groups in total. The fourth-order valence-electron chi connectivity index (χ4n) is 2.91. The van der Waals surface area contributed by atoms with Gasteiger partial charge < -0.3 is 14.8 Å². The lowest BCUT2D eigenvalue weighted by molar-refractivity contribution is -0.0108. The van der Waals surface area contributed by atoms with Crippen molar-refractivity contribution in [1.82, 2.24) is 29.7 Å². The second-order valence-electron chi connectivity index (χ2n) is 5.99. The van der Waals surface area contributed by atoms with Gasteiger partial charge >= 0.3 is 0 Å². The maximum Gasteiger partial charge on any atom is 0.241 e. The first-order chi connectivity index (χ1) is 11.7. The van der Waals surface area contributed by atoms with Crippen LogP contribution >= 0.6 is 0 Å². The molecule has 4 rings (SSSR count). The molecule has 126 valence electrons. The first kappa shape index (κ1) is 15.1. The summed E-state index contributed by atoms with van der Waals surface area (Å²) in [6, 6.07) is 2.19. The molecule has 0 amide bonds. The first-order valence-corrected chi connectivity index (χ1v) is 7.98. The number of nitrogens with one attached hydrogen (secondary N) is 1. The van der Waals surface area contributed by atoms with Crippen molar-refractivity contribution < 1.29 is 9.47 Å². The molecule has 1 aliphatic heterocycles. The Labute approximate surface area is 139 Å². The predicted molar refractivity (Wildman–Crippen MR) is 87.9 cm³/mol. The van der Waals surface area contributed by atoms with Crippen LogP contribution < -0.4 is 10.1 Å². The Morgan fingerprint density at radius 2 is 2.21 bits per heavy atom. The third-order valence-electron chi connectivity index (χ3n) is 4.21. The van der Waals surface area contributed by atoms with E-state index < -0.39 is 0 Å². The smallest absolute Gasteiger partial charge is 0.241 e. The zero-order valence-electron chi connectivity index (χ0n) is 13.7. The van der Waals surface area contributed by atoms with Gasteiger partial charge in [-0.15, -0.1) is 0 Å². The standard InChI is InChI=1S/C16H20N6O2/c1-17-12-5-13(10-23-9-12)24-16-15-3-4-18-22(15)8-14(20-16)11-6-19-21(2)7-11/h3-4,6-8,12-13,17H,5,9-10H2,1-2H3/t12-,13+/m1/s1. The van der Waals surface area contributed by atoms with Crippen molar-refractivity contribution in [3.05, 3.63) is 30.9 Å². The van der Waals surface area contributed by atoms with E-state index in [0.29, 0.717) is 25.1 Å². The highest BCUT2D eigenvalue weighted by Crippen LogP contribution is 2.25. The first-order valence-electron chi connectivity index (χ1n) is 7.98. The second-order valence-corrected chi connectivity index (χ2v) is 5.99.